The lowest BCUT2D eigenvalue weighted by atomic mass is 10.0. The van der Waals surface area contributed by atoms with Gasteiger partial charge in [0.25, 0.3) is 5.91 Å². The third-order valence-corrected chi connectivity index (χ3v) is 4.32. The first-order valence-electron chi connectivity index (χ1n) is 7.60. The molecule has 3 rings (SSSR count). The molecule has 0 spiro atoms. The Morgan fingerprint density at radius 2 is 1.80 bits per heavy atom. The molecule has 0 bridgehead atoms. The fraction of sp³-hybridized carbons (Fsp3) is 0.389. The van der Waals surface area contributed by atoms with Crippen LogP contribution in [0.1, 0.15) is 42.5 Å². The maximum Gasteiger partial charge on any atom is 0.251 e. The lowest BCUT2D eigenvalue weighted by molar-refractivity contribution is 0.0951. The predicted molar refractivity (Wildman–Crippen MR) is 82.9 cm³/mol. The number of rotatable bonds is 4. The molecule has 104 valence electrons. The molecular weight excluding hydrogens is 246 g/mol. The molecule has 1 saturated carbocycles. The third-order valence-electron chi connectivity index (χ3n) is 4.32. The zero-order chi connectivity index (χ0) is 13.8. The van der Waals surface area contributed by atoms with Crippen LogP contribution >= 0.6 is 0 Å². The van der Waals surface area contributed by atoms with E-state index in [-0.39, 0.29) is 5.91 Å². The van der Waals surface area contributed by atoms with Gasteiger partial charge in [-0.05, 0) is 35.2 Å². The summed E-state index contributed by atoms with van der Waals surface area (Å²) >= 11 is 0. The average molecular weight is 267 g/mol. The van der Waals surface area contributed by atoms with Crippen molar-refractivity contribution < 1.29 is 4.79 Å². The first-order valence-corrected chi connectivity index (χ1v) is 7.60. The summed E-state index contributed by atoms with van der Waals surface area (Å²) in [5.74, 6) is 0.876. The highest BCUT2D eigenvalue weighted by atomic mass is 16.1. The van der Waals surface area contributed by atoms with Crippen molar-refractivity contribution in [2.75, 3.05) is 6.54 Å². The lowest BCUT2D eigenvalue weighted by Crippen LogP contribution is -2.25. The minimum absolute atomic E-state index is 0.0498. The van der Waals surface area contributed by atoms with Crippen LogP contribution in [-0.2, 0) is 0 Å². The van der Waals surface area contributed by atoms with Crippen LogP contribution in [0.15, 0.2) is 42.5 Å². The lowest BCUT2D eigenvalue weighted by Gasteiger charge is -2.10. The number of nitrogens with one attached hydrogen (secondary N) is 1. The van der Waals surface area contributed by atoms with E-state index in [1.54, 1.807) is 0 Å². The van der Waals surface area contributed by atoms with E-state index in [1.165, 1.54) is 31.1 Å². The van der Waals surface area contributed by atoms with Gasteiger partial charge in [-0.15, -0.1) is 0 Å². The molecule has 1 fully saturated rings. The number of carbonyl (C=O) groups excluding carboxylic acids is 1. The van der Waals surface area contributed by atoms with E-state index in [0.717, 1.165) is 29.8 Å². The number of hydrogen-bond donors (Lipinski definition) is 1. The maximum absolute atomic E-state index is 12.2. The van der Waals surface area contributed by atoms with Crippen molar-refractivity contribution in [3.05, 3.63) is 48.0 Å². The normalized spacial score (nSPS) is 15.6. The van der Waals surface area contributed by atoms with Crippen LogP contribution in [0.25, 0.3) is 10.8 Å². The smallest absolute Gasteiger partial charge is 0.251 e. The zero-order valence-corrected chi connectivity index (χ0v) is 11.8. The molecular formula is C18H21NO. The molecule has 0 unspecified atom stereocenters. The van der Waals surface area contributed by atoms with Gasteiger partial charge in [-0.3, -0.25) is 4.79 Å². The van der Waals surface area contributed by atoms with E-state index in [1.807, 2.05) is 36.4 Å². The molecule has 2 aromatic rings. The Labute approximate surface area is 120 Å². The molecule has 0 radical (unpaired) electrons. The van der Waals surface area contributed by atoms with E-state index in [2.05, 4.69) is 11.4 Å². The summed E-state index contributed by atoms with van der Waals surface area (Å²) in [7, 11) is 0. The highest BCUT2D eigenvalue weighted by Crippen LogP contribution is 2.26. The molecule has 0 atom stereocenters. The van der Waals surface area contributed by atoms with Gasteiger partial charge in [0.05, 0.1) is 0 Å². The fourth-order valence-electron chi connectivity index (χ4n) is 3.12. The molecule has 20 heavy (non-hydrogen) atoms. The molecule has 0 aromatic heterocycles. The summed E-state index contributed by atoms with van der Waals surface area (Å²) in [6.07, 6.45) is 6.53. The molecule has 1 aliphatic carbocycles. The van der Waals surface area contributed by atoms with Crippen molar-refractivity contribution in [2.24, 2.45) is 5.92 Å². The van der Waals surface area contributed by atoms with E-state index < -0.39 is 0 Å². The zero-order valence-electron chi connectivity index (χ0n) is 11.8. The Bertz CT molecular complexity index is 599. The Kier molecular flexibility index (Phi) is 4.00. The number of fused-ring (bicyclic) bond motifs is 1. The Balaban J connectivity index is 1.60. The molecule has 0 aliphatic heterocycles. The quantitative estimate of drug-likeness (QED) is 0.886. The second kappa shape index (κ2) is 6.08. The Hall–Kier alpha value is -1.83. The predicted octanol–water partition coefficient (Wildman–Crippen LogP) is 4.15. The molecule has 1 aliphatic rings. The highest BCUT2D eigenvalue weighted by Gasteiger charge is 2.15. The Morgan fingerprint density at radius 1 is 1.05 bits per heavy atom. The van der Waals surface area contributed by atoms with Crippen LogP contribution < -0.4 is 5.32 Å². The van der Waals surface area contributed by atoms with Gasteiger partial charge in [-0.2, -0.15) is 0 Å². The fourth-order valence-corrected chi connectivity index (χ4v) is 3.12. The van der Waals surface area contributed by atoms with Gasteiger partial charge in [0.2, 0.25) is 0 Å². The second-order valence-electron chi connectivity index (χ2n) is 5.76. The van der Waals surface area contributed by atoms with E-state index in [4.69, 9.17) is 0 Å². The summed E-state index contributed by atoms with van der Waals surface area (Å²) in [5, 5.41) is 5.35. The topological polar surface area (TPSA) is 29.1 Å². The minimum Gasteiger partial charge on any atom is -0.352 e. The van der Waals surface area contributed by atoms with Crippen LogP contribution in [0, 0.1) is 5.92 Å². The highest BCUT2D eigenvalue weighted by molar-refractivity contribution is 5.98. The number of carbonyl (C=O) groups is 1. The van der Waals surface area contributed by atoms with E-state index >= 15 is 0 Å². The molecule has 2 nitrogen and oxygen atoms in total. The van der Waals surface area contributed by atoms with Crippen LogP contribution in [0.2, 0.25) is 0 Å². The third kappa shape index (κ3) is 3.01. The van der Waals surface area contributed by atoms with Gasteiger partial charge in [0.15, 0.2) is 0 Å². The monoisotopic (exact) mass is 267 g/mol. The van der Waals surface area contributed by atoms with E-state index in [9.17, 15) is 4.79 Å². The summed E-state index contributed by atoms with van der Waals surface area (Å²) in [6.45, 7) is 0.802. The van der Waals surface area contributed by atoms with Gasteiger partial charge in [0.1, 0.15) is 0 Å². The van der Waals surface area contributed by atoms with E-state index in [0.29, 0.717) is 0 Å². The number of amides is 1. The van der Waals surface area contributed by atoms with Gasteiger partial charge < -0.3 is 5.32 Å². The standard InChI is InChI=1S/C18H21NO/c20-18(19-12-11-14-5-1-2-6-14)17-10-9-15-7-3-4-8-16(15)13-17/h3-4,7-10,13-14H,1-2,5-6,11-12H2,(H,19,20). The summed E-state index contributed by atoms with van der Waals surface area (Å²) in [4.78, 5) is 12.2. The van der Waals surface area contributed by atoms with Crippen molar-refractivity contribution in [3.63, 3.8) is 0 Å². The first-order chi connectivity index (χ1) is 9.83. The van der Waals surface area contributed by atoms with Crippen LogP contribution in [0.5, 0.6) is 0 Å². The maximum atomic E-state index is 12.2. The van der Waals surface area contributed by atoms with Crippen molar-refractivity contribution in [3.8, 4) is 0 Å². The van der Waals surface area contributed by atoms with Gasteiger partial charge in [0, 0.05) is 12.1 Å². The first kappa shape index (κ1) is 13.2. The molecule has 0 heterocycles. The molecule has 2 heteroatoms. The van der Waals surface area contributed by atoms with Crippen molar-refractivity contribution in [1.29, 1.82) is 0 Å². The van der Waals surface area contributed by atoms with Crippen LogP contribution in [0.4, 0.5) is 0 Å². The molecule has 0 saturated heterocycles. The largest absolute Gasteiger partial charge is 0.352 e. The number of hydrogen-bond acceptors (Lipinski definition) is 1. The van der Waals surface area contributed by atoms with Crippen molar-refractivity contribution in [2.45, 2.75) is 32.1 Å². The van der Waals surface area contributed by atoms with Gasteiger partial charge in [-0.25, -0.2) is 0 Å². The molecule has 2 aromatic carbocycles. The van der Waals surface area contributed by atoms with Gasteiger partial charge in [-0.1, -0.05) is 56.0 Å². The van der Waals surface area contributed by atoms with Crippen molar-refractivity contribution >= 4 is 16.7 Å². The summed E-state index contributed by atoms with van der Waals surface area (Å²) in [5.41, 5.74) is 0.759. The van der Waals surface area contributed by atoms with Gasteiger partial charge >= 0.3 is 0 Å². The second-order valence-corrected chi connectivity index (χ2v) is 5.76. The SMILES string of the molecule is O=C(NCCC1CCCC1)c1ccc2ccccc2c1. The van der Waals surface area contributed by atoms with Crippen LogP contribution in [-0.4, -0.2) is 12.5 Å². The van der Waals surface area contributed by atoms with Crippen molar-refractivity contribution in [1.82, 2.24) is 5.32 Å². The summed E-state index contributed by atoms with van der Waals surface area (Å²) in [6, 6.07) is 14.0. The molecule has 1 N–H and O–H groups in total. The summed E-state index contributed by atoms with van der Waals surface area (Å²) < 4.78 is 0. The average Bonchev–Trinajstić information content (AvgIpc) is 3.00. The molecule has 1 amide bonds. The van der Waals surface area contributed by atoms with Crippen LogP contribution in [0.3, 0.4) is 0 Å². The Morgan fingerprint density at radius 3 is 2.60 bits per heavy atom. The number of benzene rings is 2. The minimum atomic E-state index is 0.0498.